The molecule has 130 valence electrons. The molecule has 0 aromatic heterocycles. The molecule has 0 heterocycles. The standard InChI is InChI=1S/C18H18N2O5/c1-12-7-9-14(10-8-12)11-17(21)25-13(2)18(22)19-15-5-3-4-6-16(15)20(23)24/h3-10,13H,11H2,1-2H3,(H,19,22)/t13-/m0/s1. The van der Waals surface area contributed by atoms with E-state index in [0.29, 0.717) is 0 Å². The zero-order valence-electron chi connectivity index (χ0n) is 13.9. The van der Waals surface area contributed by atoms with Crippen molar-refractivity contribution in [2.75, 3.05) is 5.32 Å². The molecule has 0 spiro atoms. The second-order valence-electron chi connectivity index (χ2n) is 5.56. The molecule has 0 saturated heterocycles. The number of carbonyl (C=O) groups is 2. The Labute approximate surface area is 144 Å². The van der Waals surface area contributed by atoms with Crippen molar-refractivity contribution in [1.29, 1.82) is 0 Å². The van der Waals surface area contributed by atoms with E-state index in [4.69, 9.17) is 4.74 Å². The van der Waals surface area contributed by atoms with Crippen LogP contribution in [0.25, 0.3) is 0 Å². The van der Waals surface area contributed by atoms with Crippen LogP contribution in [0.15, 0.2) is 48.5 Å². The highest BCUT2D eigenvalue weighted by Gasteiger charge is 2.21. The molecule has 2 aromatic rings. The molecule has 0 aliphatic rings. The first-order valence-corrected chi connectivity index (χ1v) is 7.66. The van der Waals surface area contributed by atoms with Crippen molar-refractivity contribution in [3.8, 4) is 0 Å². The van der Waals surface area contributed by atoms with Crippen LogP contribution in [-0.2, 0) is 20.7 Å². The first-order chi connectivity index (χ1) is 11.9. The molecule has 1 atom stereocenters. The van der Waals surface area contributed by atoms with E-state index in [-0.39, 0.29) is 17.8 Å². The van der Waals surface area contributed by atoms with Crippen molar-refractivity contribution in [2.24, 2.45) is 0 Å². The van der Waals surface area contributed by atoms with Gasteiger partial charge in [0.1, 0.15) is 5.69 Å². The number of para-hydroxylation sites is 2. The lowest BCUT2D eigenvalue weighted by molar-refractivity contribution is -0.383. The van der Waals surface area contributed by atoms with E-state index in [1.165, 1.54) is 25.1 Å². The third kappa shape index (κ3) is 5.13. The Morgan fingerprint density at radius 1 is 1.16 bits per heavy atom. The molecule has 0 saturated carbocycles. The Balaban J connectivity index is 1.95. The summed E-state index contributed by atoms with van der Waals surface area (Å²) in [6.45, 7) is 3.36. The van der Waals surface area contributed by atoms with Crippen molar-refractivity contribution >= 4 is 23.3 Å². The van der Waals surface area contributed by atoms with Crippen molar-refractivity contribution in [3.63, 3.8) is 0 Å². The van der Waals surface area contributed by atoms with Gasteiger partial charge in [0.05, 0.1) is 11.3 Å². The predicted molar refractivity (Wildman–Crippen MR) is 92.2 cm³/mol. The number of hydrogen-bond donors (Lipinski definition) is 1. The number of amides is 1. The first-order valence-electron chi connectivity index (χ1n) is 7.66. The number of nitrogens with zero attached hydrogens (tertiary/aromatic N) is 1. The van der Waals surface area contributed by atoms with E-state index < -0.39 is 22.9 Å². The summed E-state index contributed by atoms with van der Waals surface area (Å²) in [6.07, 6.45) is -1.03. The van der Waals surface area contributed by atoms with Gasteiger partial charge >= 0.3 is 5.97 Å². The zero-order chi connectivity index (χ0) is 18.4. The van der Waals surface area contributed by atoms with Gasteiger partial charge in [0.25, 0.3) is 11.6 Å². The van der Waals surface area contributed by atoms with Crippen LogP contribution in [0.1, 0.15) is 18.1 Å². The molecule has 7 heteroatoms. The zero-order valence-corrected chi connectivity index (χ0v) is 13.9. The molecule has 0 aliphatic heterocycles. The van der Waals surface area contributed by atoms with Crippen LogP contribution in [0, 0.1) is 17.0 Å². The fourth-order valence-electron chi connectivity index (χ4n) is 2.14. The minimum absolute atomic E-state index is 0.0450. The number of hydrogen-bond acceptors (Lipinski definition) is 5. The molecule has 0 aliphatic carbocycles. The molecule has 2 aromatic carbocycles. The molecule has 1 amide bonds. The maximum atomic E-state index is 12.1. The second-order valence-corrected chi connectivity index (χ2v) is 5.56. The number of aryl methyl sites for hydroxylation is 1. The van der Waals surface area contributed by atoms with Crippen molar-refractivity contribution in [3.05, 3.63) is 69.8 Å². The topological polar surface area (TPSA) is 98.5 Å². The number of esters is 1. The van der Waals surface area contributed by atoms with Gasteiger partial charge in [-0.05, 0) is 25.5 Å². The van der Waals surface area contributed by atoms with E-state index in [1.807, 2.05) is 31.2 Å². The van der Waals surface area contributed by atoms with Crippen LogP contribution < -0.4 is 5.32 Å². The van der Waals surface area contributed by atoms with E-state index in [9.17, 15) is 19.7 Å². The van der Waals surface area contributed by atoms with Gasteiger partial charge in [0, 0.05) is 6.07 Å². The number of benzene rings is 2. The van der Waals surface area contributed by atoms with Crippen LogP contribution in [-0.4, -0.2) is 22.9 Å². The highest BCUT2D eigenvalue weighted by Crippen LogP contribution is 2.23. The largest absolute Gasteiger partial charge is 0.452 e. The van der Waals surface area contributed by atoms with Crippen molar-refractivity contribution in [1.82, 2.24) is 0 Å². The van der Waals surface area contributed by atoms with Gasteiger partial charge in [0.2, 0.25) is 0 Å². The molecule has 25 heavy (non-hydrogen) atoms. The number of nitro groups is 1. The fraction of sp³-hybridized carbons (Fsp3) is 0.222. The Hall–Kier alpha value is -3.22. The molecular formula is C18H18N2O5. The van der Waals surface area contributed by atoms with Crippen LogP contribution in [0.2, 0.25) is 0 Å². The number of ether oxygens (including phenoxy) is 1. The van der Waals surface area contributed by atoms with E-state index in [0.717, 1.165) is 11.1 Å². The van der Waals surface area contributed by atoms with Gasteiger partial charge in [-0.25, -0.2) is 0 Å². The maximum absolute atomic E-state index is 12.1. The minimum atomic E-state index is -1.07. The van der Waals surface area contributed by atoms with Gasteiger partial charge in [-0.1, -0.05) is 42.0 Å². The normalized spacial score (nSPS) is 11.4. The summed E-state index contributed by atoms with van der Waals surface area (Å²) < 4.78 is 5.10. The second kappa shape index (κ2) is 8.05. The van der Waals surface area contributed by atoms with Gasteiger partial charge in [-0.2, -0.15) is 0 Å². The fourth-order valence-corrected chi connectivity index (χ4v) is 2.14. The third-order valence-electron chi connectivity index (χ3n) is 3.51. The first kappa shape index (κ1) is 18.1. The maximum Gasteiger partial charge on any atom is 0.311 e. The molecule has 0 radical (unpaired) electrons. The van der Waals surface area contributed by atoms with E-state index in [2.05, 4.69) is 5.32 Å². The number of nitro benzene ring substituents is 1. The average Bonchev–Trinajstić information content (AvgIpc) is 2.57. The van der Waals surface area contributed by atoms with Crippen LogP contribution in [0.3, 0.4) is 0 Å². The third-order valence-corrected chi connectivity index (χ3v) is 3.51. The Morgan fingerprint density at radius 3 is 2.44 bits per heavy atom. The lowest BCUT2D eigenvalue weighted by atomic mass is 10.1. The molecular weight excluding hydrogens is 324 g/mol. The Bertz CT molecular complexity index is 786. The van der Waals surface area contributed by atoms with Crippen LogP contribution >= 0.6 is 0 Å². The highest BCUT2D eigenvalue weighted by molar-refractivity contribution is 5.96. The average molecular weight is 342 g/mol. The summed E-state index contributed by atoms with van der Waals surface area (Å²) in [5, 5.41) is 13.4. The number of nitrogens with one attached hydrogen (secondary N) is 1. The summed E-state index contributed by atoms with van der Waals surface area (Å²) in [5.74, 6) is -1.18. The molecule has 2 rings (SSSR count). The number of anilines is 1. The van der Waals surface area contributed by atoms with Gasteiger partial charge in [-0.15, -0.1) is 0 Å². The summed E-state index contributed by atoms with van der Waals surface area (Å²) in [7, 11) is 0. The smallest absolute Gasteiger partial charge is 0.311 e. The SMILES string of the molecule is Cc1ccc(CC(=O)O[C@@H](C)C(=O)Nc2ccccc2[N+](=O)[O-])cc1. The highest BCUT2D eigenvalue weighted by atomic mass is 16.6. The predicted octanol–water partition coefficient (Wildman–Crippen LogP) is 3.02. The monoisotopic (exact) mass is 342 g/mol. The Morgan fingerprint density at radius 2 is 1.80 bits per heavy atom. The molecule has 0 unspecified atom stereocenters. The van der Waals surface area contributed by atoms with Crippen LogP contribution in [0.4, 0.5) is 11.4 Å². The summed E-state index contributed by atoms with van der Waals surface area (Å²) in [4.78, 5) is 34.4. The van der Waals surface area contributed by atoms with Gasteiger partial charge < -0.3 is 10.1 Å². The molecule has 1 N–H and O–H groups in total. The minimum Gasteiger partial charge on any atom is -0.452 e. The molecule has 0 fully saturated rings. The molecule has 0 bridgehead atoms. The summed E-state index contributed by atoms with van der Waals surface area (Å²) in [6, 6.07) is 13.2. The van der Waals surface area contributed by atoms with Crippen LogP contribution in [0.5, 0.6) is 0 Å². The Kier molecular flexibility index (Phi) is 5.84. The lowest BCUT2D eigenvalue weighted by Gasteiger charge is -2.13. The van der Waals surface area contributed by atoms with Gasteiger partial charge in [-0.3, -0.25) is 19.7 Å². The summed E-state index contributed by atoms with van der Waals surface area (Å²) in [5.41, 5.74) is 1.68. The van der Waals surface area contributed by atoms with E-state index in [1.54, 1.807) is 6.07 Å². The van der Waals surface area contributed by atoms with Gasteiger partial charge in [0.15, 0.2) is 6.10 Å². The summed E-state index contributed by atoms with van der Waals surface area (Å²) >= 11 is 0. The van der Waals surface area contributed by atoms with Crippen molar-refractivity contribution < 1.29 is 19.2 Å². The number of carbonyl (C=O) groups excluding carboxylic acids is 2. The molecule has 7 nitrogen and oxygen atoms in total. The van der Waals surface area contributed by atoms with E-state index >= 15 is 0 Å². The quantitative estimate of drug-likeness (QED) is 0.494. The lowest BCUT2D eigenvalue weighted by Crippen LogP contribution is -2.30. The van der Waals surface area contributed by atoms with Crippen molar-refractivity contribution in [2.45, 2.75) is 26.4 Å². The number of rotatable bonds is 6.